The van der Waals surface area contributed by atoms with Crippen molar-refractivity contribution in [3.8, 4) is 0 Å². The van der Waals surface area contributed by atoms with E-state index in [0.717, 1.165) is 24.2 Å². The van der Waals surface area contributed by atoms with Gasteiger partial charge in [0.25, 0.3) is 5.91 Å². The highest BCUT2D eigenvalue weighted by atomic mass is 32.2. The largest absolute Gasteiger partial charge is 0.463 e. The van der Waals surface area contributed by atoms with Crippen LogP contribution in [0, 0.1) is 0 Å². The molecule has 1 aromatic heterocycles. The van der Waals surface area contributed by atoms with Gasteiger partial charge in [-0.15, -0.1) is 0 Å². The van der Waals surface area contributed by atoms with Crippen LogP contribution in [0.2, 0.25) is 0 Å². The zero-order valence-corrected chi connectivity index (χ0v) is 17.9. The van der Waals surface area contributed by atoms with Crippen LogP contribution in [0.5, 0.6) is 0 Å². The summed E-state index contributed by atoms with van der Waals surface area (Å²) in [6.07, 6.45) is 3.59. The summed E-state index contributed by atoms with van der Waals surface area (Å²) in [7, 11) is -3.52. The lowest BCUT2D eigenvalue weighted by Gasteiger charge is -2.33. The minimum Gasteiger partial charge on any atom is -0.463 e. The van der Waals surface area contributed by atoms with Crippen molar-refractivity contribution in [2.75, 3.05) is 32.7 Å². The van der Waals surface area contributed by atoms with Gasteiger partial charge >= 0.3 is 0 Å². The van der Waals surface area contributed by atoms with Crippen LogP contribution in [0.4, 0.5) is 0 Å². The first-order chi connectivity index (χ1) is 13.9. The topological polar surface area (TPSA) is 87.4 Å². The number of furan rings is 1. The quantitative estimate of drug-likeness (QED) is 0.699. The molecule has 2 N–H and O–H groups in total. The van der Waals surface area contributed by atoms with Gasteiger partial charge in [0.2, 0.25) is 10.0 Å². The van der Waals surface area contributed by atoms with Crippen LogP contribution >= 0.6 is 0 Å². The highest BCUT2D eigenvalue weighted by Crippen LogP contribution is 2.19. The molecule has 1 aliphatic rings. The van der Waals surface area contributed by atoms with Gasteiger partial charge in [-0.25, -0.2) is 8.42 Å². The van der Waals surface area contributed by atoms with Crippen LogP contribution in [-0.2, 0) is 21.2 Å². The SMILES string of the molecule is CCCc1ccc(S(=O)(=O)N2CCN(C(=O)C[NH2+][C@H](C)c3ccco3)CC2)cc1. The number of quaternary nitrogens is 1. The monoisotopic (exact) mass is 420 g/mol. The maximum Gasteiger partial charge on any atom is 0.277 e. The molecule has 1 fully saturated rings. The Hall–Kier alpha value is -2.16. The van der Waals surface area contributed by atoms with Gasteiger partial charge in [-0.1, -0.05) is 25.5 Å². The molecule has 1 saturated heterocycles. The van der Waals surface area contributed by atoms with Gasteiger partial charge in [0.05, 0.1) is 11.2 Å². The number of nitrogens with two attached hydrogens (primary N) is 1. The number of aryl methyl sites for hydroxylation is 1. The Balaban J connectivity index is 1.51. The molecule has 0 radical (unpaired) electrons. The molecule has 1 atom stereocenters. The van der Waals surface area contributed by atoms with Gasteiger partial charge in [-0.3, -0.25) is 4.79 Å². The molecule has 2 heterocycles. The fourth-order valence-electron chi connectivity index (χ4n) is 3.52. The number of rotatable bonds is 8. The number of amides is 1. The second-order valence-electron chi connectivity index (χ2n) is 7.42. The number of benzene rings is 1. The molecule has 8 heteroatoms. The summed E-state index contributed by atoms with van der Waals surface area (Å²) in [6.45, 7) is 5.86. The third kappa shape index (κ3) is 5.26. The number of piperazine rings is 1. The first kappa shape index (κ1) is 21.5. The van der Waals surface area contributed by atoms with E-state index < -0.39 is 10.0 Å². The van der Waals surface area contributed by atoms with Crippen molar-refractivity contribution < 1.29 is 22.9 Å². The van der Waals surface area contributed by atoms with Crippen LogP contribution in [0.15, 0.2) is 52.0 Å². The van der Waals surface area contributed by atoms with E-state index in [4.69, 9.17) is 4.42 Å². The molecule has 7 nitrogen and oxygen atoms in total. The maximum absolute atomic E-state index is 12.9. The van der Waals surface area contributed by atoms with Crippen molar-refractivity contribution in [3.05, 3.63) is 54.0 Å². The summed E-state index contributed by atoms with van der Waals surface area (Å²) in [6, 6.07) is 10.9. The highest BCUT2D eigenvalue weighted by molar-refractivity contribution is 7.89. The summed E-state index contributed by atoms with van der Waals surface area (Å²) in [5.41, 5.74) is 1.14. The lowest BCUT2D eigenvalue weighted by molar-refractivity contribution is -0.685. The zero-order chi connectivity index (χ0) is 20.9. The molecule has 1 aromatic carbocycles. The summed E-state index contributed by atoms with van der Waals surface area (Å²) in [5, 5.41) is 1.93. The molecule has 29 heavy (non-hydrogen) atoms. The summed E-state index contributed by atoms with van der Waals surface area (Å²) in [4.78, 5) is 14.5. The Kier molecular flexibility index (Phi) is 7.10. The van der Waals surface area contributed by atoms with Crippen molar-refractivity contribution >= 4 is 15.9 Å². The van der Waals surface area contributed by atoms with Gasteiger partial charge in [0, 0.05) is 26.2 Å². The van der Waals surface area contributed by atoms with E-state index in [2.05, 4.69) is 6.92 Å². The van der Waals surface area contributed by atoms with Crippen molar-refractivity contribution in [3.63, 3.8) is 0 Å². The molecule has 1 amide bonds. The molecule has 0 spiro atoms. The first-order valence-corrected chi connectivity index (χ1v) is 11.6. The van der Waals surface area contributed by atoms with Crippen molar-refractivity contribution in [2.45, 2.75) is 37.6 Å². The minimum absolute atomic E-state index is 0.0179. The lowest BCUT2D eigenvalue weighted by Crippen LogP contribution is -2.87. The molecular weight excluding hydrogens is 390 g/mol. The molecule has 0 unspecified atom stereocenters. The molecule has 0 saturated carbocycles. The molecular formula is C21H30N3O4S+. The number of carbonyl (C=O) groups excluding carboxylic acids is 1. The molecule has 2 aromatic rings. The summed E-state index contributed by atoms with van der Waals surface area (Å²) < 4.78 is 32.6. The second kappa shape index (κ2) is 9.56. The number of carbonyl (C=O) groups is 1. The van der Waals surface area contributed by atoms with Crippen LogP contribution in [0.3, 0.4) is 0 Å². The van der Waals surface area contributed by atoms with Crippen molar-refractivity contribution in [1.29, 1.82) is 0 Å². The van der Waals surface area contributed by atoms with Gasteiger partial charge in [0.1, 0.15) is 6.04 Å². The maximum atomic E-state index is 12.9. The van der Waals surface area contributed by atoms with Gasteiger partial charge in [0.15, 0.2) is 12.3 Å². The van der Waals surface area contributed by atoms with E-state index in [1.807, 2.05) is 36.5 Å². The third-order valence-corrected chi connectivity index (χ3v) is 7.24. The third-order valence-electron chi connectivity index (χ3n) is 5.33. The van der Waals surface area contributed by atoms with Crippen LogP contribution in [0.25, 0.3) is 0 Å². The zero-order valence-electron chi connectivity index (χ0n) is 17.1. The Labute approximate surface area is 172 Å². The number of sulfonamides is 1. The average molecular weight is 421 g/mol. The molecule has 0 aliphatic carbocycles. The Morgan fingerprint density at radius 2 is 1.83 bits per heavy atom. The molecule has 158 valence electrons. The van der Waals surface area contributed by atoms with E-state index in [0.29, 0.717) is 37.6 Å². The number of hydrogen-bond acceptors (Lipinski definition) is 4. The Bertz CT molecular complexity index is 887. The minimum atomic E-state index is -3.52. The van der Waals surface area contributed by atoms with E-state index >= 15 is 0 Å². The number of nitrogens with zero attached hydrogens (tertiary/aromatic N) is 2. The second-order valence-corrected chi connectivity index (χ2v) is 9.36. The van der Waals surface area contributed by atoms with Crippen molar-refractivity contribution in [1.82, 2.24) is 9.21 Å². The summed E-state index contributed by atoms with van der Waals surface area (Å²) in [5.74, 6) is 0.850. The van der Waals surface area contributed by atoms with E-state index in [1.165, 1.54) is 4.31 Å². The van der Waals surface area contributed by atoms with Gasteiger partial charge in [-0.2, -0.15) is 4.31 Å². The van der Waals surface area contributed by atoms with Gasteiger partial charge in [-0.05, 0) is 43.2 Å². The normalized spacial score (nSPS) is 16.7. The van der Waals surface area contributed by atoms with E-state index in [-0.39, 0.29) is 11.9 Å². The molecule has 0 bridgehead atoms. The lowest BCUT2D eigenvalue weighted by atomic mass is 10.1. The van der Waals surface area contributed by atoms with Crippen LogP contribution in [-0.4, -0.2) is 56.3 Å². The smallest absolute Gasteiger partial charge is 0.277 e. The standard InChI is InChI=1S/C21H29N3O4S/c1-3-5-18-7-9-19(10-8-18)29(26,27)24-13-11-23(12-14-24)21(25)16-22-17(2)20-6-4-15-28-20/h4,6-10,15,17,22H,3,5,11-14,16H2,1-2H3/p+1/t17-/m1/s1. The van der Waals surface area contributed by atoms with Crippen LogP contribution in [0.1, 0.15) is 37.6 Å². The molecule has 3 rings (SSSR count). The Morgan fingerprint density at radius 1 is 1.14 bits per heavy atom. The van der Waals surface area contributed by atoms with Gasteiger partial charge < -0.3 is 14.6 Å². The fraction of sp³-hybridized carbons (Fsp3) is 0.476. The molecule has 1 aliphatic heterocycles. The highest BCUT2D eigenvalue weighted by Gasteiger charge is 2.30. The fourth-order valence-corrected chi connectivity index (χ4v) is 4.94. The summed E-state index contributed by atoms with van der Waals surface area (Å²) >= 11 is 0. The van der Waals surface area contributed by atoms with E-state index in [1.54, 1.807) is 23.3 Å². The van der Waals surface area contributed by atoms with E-state index in [9.17, 15) is 13.2 Å². The number of hydrogen-bond donors (Lipinski definition) is 1. The Morgan fingerprint density at radius 3 is 2.41 bits per heavy atom. The van der Waals surface area contributed by atoms with Crippen LogP contribution < -0.4 is 5.32 Å². The predicted octanol–water partition coefficient (Wildman–Crippen LogP) is 1.39. The average Bonchev–Trinajstić information content (AvgIpc) is 3.27. The predicted molar refractivity (Wildman–Crippen MR) is 110 cm³/mol. The van der Waals surface area contributed by atoms with Crippen molar-refractivity contribution in [2.24, 2.45) is 0 Å². The first-order valence-electron chi connectivity index (χ1n) is 10.2.